The van der Waals surface area contributed by atoms with Crippen molar-refractivity contribution in [2.75, 3.05) is 18.0 Å². The molecule has 1 saturated heterocycles. The number of rotatable bonds is 4. The first-order chi connectivity index (χ1) is 15.5. The molecule has 3 atom stereocenters. The van der Waals surface area contributed by atoms with Gasteiger partial charge in [0.1, 0.15) is 17.9 Å². The summed E-state index contributed by atoms with van der Waals surface area (Å²) in [5.74, 6) is 3.32. The normalized spacial score (nSPS) is 21.8. The zero-order chi connectivity index (χ0) is 22.0. The molecule has 0 bridgehead atoms. The molecule has 32 heavy (non-hydrogen) atoms. The van der Waals surface area contributed by atoms with Gasteiger partial charge in [-0.05, 0) is 42.5 Å². The molecule has 4 aromatic rings. The lowest BCUT2D eigenvalue weighted by Crippen LogP contribution is -2.28. The minimum Gasteiger partial charge on any atom is -0.356 e. The summed E-state index contributed by atoms with van der Waals surface area (Å²) in [7, 11) is 1.56. The molecular formula is C22H21N7O3. The molecular weight excluding hydrogens is 410 g/mol. The van der Waals surface area contributed by atoms with E-state index in [1.807, 2.05) is 12.3 Å². The summed E-state index contributed by atoms with van der Waals surface area (Å²) in [6.45, 7) is 4.04. The Bertz CT molecular complexity index is 1460. The molecule has 10 heteroatoms. The lowest BCUT2D eigenvalue weighted by molar-refractivity contribution is 0.363. The van der Waals surface area contributed by atoms with E-state index in [-0.39, 0.29) is 29.1 Å². The summed E-state index contributed by atoms with van der Waals surface area (Å²) in [6, 6.07) is 7.05. The van der Waals surface area contributed by atoms with Crippen LogP contribution in [-0.4, -0.2) is 42.3 Å². The molecule has 2 fully saturated rings. The third kappa shape index (κ3) is 2.94. The number of aromatic nitrogens is 6. The van der Waals surface area contributed by atoms with Gasteiger partial charge in [0.15, 0.2) is 5.82 Å². The van der Waals surface area contributed by atoms with Crippen molar-refractivity contribution in [2.45, 2.75) is 19.4 Å². The molecule has 0 N–H and O–H groups in total. The zero-order valence-electron chi connectivity index (χ0n) is 17.7. The van der Waals surface area contributed by atoms with Crippen molar-refractivity contribution >= 4 is 16.9 Å². The Balaban J connectivity index is 1.19. The molecule has 1 unspecified atom stereocenters. The van der Waals surface area contributed by atoms with Crippen LogP contribution in [0.25, 0.3) is 11.0 Å². The molecule has 1 saturated carbocycles. The molecule has 10 nitrogen and oxygen atoms in total. The Kier molecular flexibility index (Phi) is 4.04. The van der Waals surface area contributed by atoms with Gasteiger partial charge in [0, 0.05) is 38.3 Å². The van der Waals surface area contributed by atoms with Crippen molar-refractivity contribution in [2.24, 2.45) is 18.9 Å². The Labute approximate surface area is 182 Å². The highest BCUT2D eigenvalue weighted by atomic mass is 16.5. The summed E-state index contributed by atoms with van der Waals surface area (Å²) in [5.41, 5.74) is 1.34. The number of pyridine rings is 2. The second-order valence-corrected chi connectivity index (χ2v) is 8.64. The van der Waals surface area contributed by atoms with E-state index in [4.69, 9.17) is 4.52 Å². The topological polar surface area (TPSA) is 112 Å². The smallest absolute Gasteiger partial charge is 0.278 e. The number of aryl methyl sites for hydroxylation is 2. The third-order valence-electron chi connectivity index (χ3n) is 6.60. The van der Waals surface area contributed by atoms with Gasteiger partial charge in [-0.25, -0.2) is 9.97 Å². The first-order valence-corrected chi connectivity index (χ1v) is 10.5. The van der Waals surface area contributed by atoms with Gasteiger partial charge < -0.3 is 14.0 Å². The third-order valence-corrected chi connectivity index (χ3v) is 6.60. The standard InChI is InChI=1S/C22H21N7O3/c1-12-5-6-23-16(7-12)28-8-13-14(9-28)19(13)21-25-17(32-26-21)10-29-11-24-15-3-4-18(30)27(2)20(15)22(29)31/h3-7,11,13-14,19H,8-10H2,1-2H3/t13-,14+,19?. The largest absolute Gasteiger partial charge is 0.356 e. The quantitative estimate of drug-likeness (QED) is 0.472. The zero-order valence-corrected chi connectivity index (χ0v) is 17.7. The minimum absolute atomic E-state index is 0.110. The van der Waals surface area contributed by atoms with E-state index in [0.29, 0.717) is 29.1 Å². The lowest BCUT2D eigenvalue weighted by atomic mass is 10.2. The van der Waals surface area contributed by atoms with Crippen LogP contribution in [-0.2, 0) is 13.6 Å². The predicted molar refractivity (Wildman–Crippen MR) is 116 cm³/mol. The highest BCUT2D eigenvalue weighted by Gasteiger charge is 2.58. The van der Waals surface area contributed by atoms with Crippen LogP contribution in [0.5, 0.6) is 0 Å². The van der Waals surface area contributed by atoms with Crippen molar-refractivity contribution < 1.29 is 4.52 Å². The van der Waals surface area contributed by atoms with Crippen molar-refractivity contribution in [3.63, 3.8) is 0 Å². The van der Waals surface area contributed by atoms with Crippen LogP contribution >= 0.6 is 0 Å². The SMILES string of the molecule is Cc1ccnc(N2C[C@@H]3C(c4noc(Cn5cnc6ccc(=O)n(C)c6c5=O)n4)[C@@H]3C2)c1. The van der Waals surface area contributed by atoms with Gasteiger partial charge in [-0.1, -0.05) is 5.16 Å². The van der Waals surface area contributed by atoms with Gasteiger partial charge in [0.25, 0.3) is 11.1 Å². The van der Waals surface area contributed by atoms with Gasteiger partial charge in [-0.2, -0.15) is 4.98 Å². The fourth-order valence-electron chi connectivity index (χ4n) is 4.82. The van der Waals surface area contributed by atoms with Crippen LogP contribution in [0.1, 0.15) is 23.2 Å². The molecule has 6 rings (SSSR count). The van der Waals surface area contributed by atoms with Gasteiger partial charge in [0.2, 0.25) is 5.89 Å². The van der Waals surface area contributed by atoms with Crippen LogP contribution in [0.15, 0.2) is 50.9 Å². The van der Waals surface area contributed by atoms with Crippen molar-refractivity contribution in [1.82, 2.24) is 29.2 Å². The average Bonchev–Trinajstić information content (AvgIpc) is 3.12. The maximum atomic E-state index is 12.9. The van der Waals surface area contributed by atoms with Crippen LogP contribution in [0.3, 0.4) is 0 Å². The van der Waals surface area contributed by atoms with Gasteiger partial charge in [-0.15, -0.1) is 0 Å². The number of anilines is 1. The first-order valence-electron chi connectivity index (χ1n) is 10.5. The number of piperidine rings is 1. The van der Waals surface area contributed by atoms with E-state index in [1.165, 1.54) is 27.1 Å². The van der Waals surface area contributed by atoms with E-state index < -0.39 is 0 Å². The molecule has 5 heterocycles. The van der Waals surface area contributed by atoms with E-state index in [0.717, 1.165) is 18.9 Å². The van der Waals surface area contributed by atoms with Crippen LogP contribution in [0.4, 0.5) is 5.82 Å². The summed E-state index contributed by atoms with van der Waals surface area (Å²) < 4.78 is 8.13. The molecule has 4 aromatic heterocycles. The van der Waals surface area contributed by atoms with Crippen LogP contribution in [0, 0.1) is 18.8 Å². The Morgan fingerprint density at radius 1 is 1.12 bits per heavy atom. The van der Waals surface area contributed by atoms with E-state index in [2.05, 4.69) is 38.0 Å². The fraction of sp³-hybridized carbons (Fsp3) is 0.364. The van der Waals surface area contributed by atoms with Crippen molar-refractivity contribution in [3.8, 4) is 0 Å². The molecule has 0 radical (unpaired) electrons. The average molecular weight is 431 g/mol. The fourth-order valence-corrected chi connectivity index (χ4v) is 4.82. The minimum atomic E-state index is -0.320. The highest BCUT2D eigenvalue weighted by molar-refractivity contribution is 5.72. The summed E-state index contributed by atoms with van der Waals surface area (Å²) >= 11 is 0. The second-order valence-electron chi connectivity index (χ2n) is 8.64. The molecule has 0 spiro atoms. The maximum absolute atomic E-state index is 12.9. The monoisotopic (exact) mass is 431 g/mol. The number of fused-ring (bicyclic) bond motifs is 2. The van der Waals surface area contributed by atoms with Crippen LogP contribution < -0.4 is 16.0 Å². The summed E-state index contributed by atoms with van der Waals surface area (Å²) in [5, 5.41) is 4.18. The number of hydrogen-bond donors (Lipinski definition) is 0. The van der Waals surface area contributed by atoms with E-state index >= 15 is 0 Å². The summed E-state index contributed by atoms with van der Waals surface area (Å²) in [4.78, 5) is 40.4. The second kappa shape index (κ2) is 6.84. The lowest BCUT2D eigenvalue weighted by Gasteiger charge is -2.20. The number of hydrogen-bond acceptors (Lipinski definition) is 8. The van der Waals surface area contributed by atoms with E-state index in [1.54, 1.807) is 13.1 Å². The van der Waals surface area contributed by atoms with Crippen molar-refractivity contribution in [3.05, 3.63) is 74.8 Å². The summed E-state index contributed by atoms with van der Waals surface area (Å²) in [6.07, 6.45) is 3.29. The molecule has 162 valence electrons. The first kappa shape index (κ1) is 18.9. The Morgan fingerprint density at radius 3 is 2.72 bits per heavy atom. The molecule has 0 aromatic carbocycles. The van der Waals surface area contributed by atoms with Crippen LogP contribution in [0.2, 0.25) is 0 Å². The Hall–Kier alpha value is -3.82. The molecule has 0 amide bonds. The predicted octanol–water partition coefficient (Wildman–Crippen LogP) is 1.08. The van der Waals surface area contributed by atoms with Gasteiger partial charge in [0.05, 0.1) is 11.8 Å². The number of nitrogens with zero attached hydrogens (tertiary/aromatic N) is 7. The molecule has 2 aliphatic rings. The van der Waals surface area contributed by atoms with Gasteiger partial charge >= 0.3 is 0 Å². The molecule has 1 aliphatic carbocycles. The molecule has 1 aliphatic heterocycles. The Morgan fingerprint density at radius 2 is 1.94 bits per heavy atom. The van der Waals surface area contributed by atoms with E-state index in [9.17, 15) is 9.59 Å². The maximum Gasteiger partial charge on any atom is 0.278 e. The van der Waals surface area contributed by atoms with Crippen molar-refractivity contribution in [1.29, 1.82) is 0 Å². The highest BCUT2D eigenvalue weighted by Crippen LogP contribution is 2.57. The van der Waals surface area contributed by atoms with Gasteiger partial charge in [-0.3, -0.25) is 14.2 Å².